The van der Waals surface area contributed by atoms with Gasteiger partial charge in [0.2, 0.25) is 5.91 Å². The quantitative estimate of drug-likeness (QED) is 0.908. The summed E-state index contributed by atoms with van der Waals surface area (Å²) in [5.41, 5.74) is 0. The molecule has 0 spiro atoms. The van der Waals surface area contributed by atoms with Crippen LogP contribution in [0.1, 0.15) is 50.3 Å². The predicted molar refractivity (Wildman–Crippen MR) is 102 cm³/mol. The summed E-state index contributed by atoms with van der Waals surface area (Å²) >= 11 is 1.75. The molecule has 25 heavy (non-hydrogen) atoms. The summed E-state index contributed by atoms with van der Waals surface area (Å²) in [7, 11) is 0. The van der Waals surface area contributed by atoms with Crippen molar-refractivity contribution < 1.29 is 4.79 Å². The molecule has 6 heteroatoms. The second-order valence-corrected chi connectivity index (χ2v) is 8.37. The van der Waals surface area contributed by atoms with E-state index in [9.17, 15) is 4.79 Å². The first kappa shape index (κ1) is 16.8. The van der Waals surface area contributed by atoms with Gasteiger partial charge >= 0.3 is 0 Å². The van der Waals surface area contributed by atoms with Crippen LogP contribution < -0.4 is 10.2 Å². The van der Waals surface area contributed by atoms with Crippen molar-refractivity contribution in [3.8, 4) is 0 Å². The normalized spacial score (nSPS) is 21.8. The number of aromatic nitrogens is 2. The lowest BCUT2D eigenvalue weighted by molar-refractivity contribution is -0.125. The number of nitrogens with zero attached hydrogens (tertiary/aromatic N) is 3. The Kier molecular flexibility index (Phi) is 4.88. The van der Waals surface area contributed by atoms with Gasteiger partial charge in [0.25, 0.3) is 0 Å². The molecule has 5 nitrogen and oxygen atoms in total. The van der Waals surface area contributed by atoms with E-state index < -0.39 is 0 Å². The highest BCUT2D eigenvalue weighted by Gasteiger charge is 2.29. The number of thiophene rings is 1. The summed E-state index contributed by atoms with van der Waals surface area (Å²) in [6.45, 7) is 3.90. The Morgan fingerprint density at radius 1 is 1.28 bits per heavy atom. The summed E-state index contributed by atoms with van der Waals surface area (Å²) in [5, 5.41) is 4.41. The average Bonchev–Trinajstić information content (AvgIpc) is 3.30. The van der Waals surface area contributed by atoms with E-state index in [-0.39, 0.29) is 11.8 Å². The van der Waals surface area contributed by atoms with Gasteiger partial charge in [-0.1, -0.05) is 19.8 Å². The predicted octanol–water partition coefficient (Wildman–Crippen LogP) is 3.53. The van der Waals surface area contributed by atoms with Crippen molar-refractivity contribution in [1.82, 2.24) is 15.3 Å². The summed E-state index contributed by atoms with van der Waals surface area (Å²) in [6, 6.07) is 2.62. The Morgan fingerprint density at radius 3 is 2.92 bits per heavy atom. The van der Waals surface area contributed by atoms with Gasteiger partial charge in [0, 0.05) is 24.0 Å². The second kappa shape index (κ2) is 7.28. The van der Waals surface area contributed by atoms with Gasteiger partial charge in [0.15, 0.2) is 0 Å². The number of amides is 1. The third-order valence-electron chi connectivity index (χ3n) is 5.50. The molecule has 1 saturated carbocycles. The number of carbonyl (C=O) groups excluding carboxylic acids is 1. The molecule has 3 heterocycles. The molecule has 0 aromatic carbocycles. The van der Waals surface area contributed by atoms with Crippen molar-refractivity contribution in [1.29, 1.82) is 0 Å². The van der Waals surface area contributed by atoms with Crippen LogP contribution in [0.25, 0.3) is 10.2 Å². The molecule has 2 fully saturated rings. The first-order valence-electron chi connectivity index (χ1n) is 9.53. The molecule has 2 aromatic rings. The minimum Gasteiger partial charge on any atom is -0.355 e. The number of carbonyl (C=O) groups is 1. The molecule has 1 atom stereocenters. The lowest BCUT2D eigenvalue weighted by Gasteiger charge is -2.33. The zero-order chi connectivity index (χ0) is 17.2. The largest absolute Gasteiger partial charge is 0.355 e. The summed E-state index contributed by atoms with van der Waals surface area (Å²) in [6.07, 6.45) is 9.48. The molecular weight excluding hydrogens is 332 g/mol. The number of anilines is 1. The maximum atomic E-state index is 12.7. The van der Waals surface area contributed by atoms with E-state index in [4.69, 9.17) is 0 Å². The van der Waals surface area contributed by atoms with E-state index in [0.29, 0.717) is 6.04 Å². The molecule has 4 rings (SSSR count). The SMILES string of the molecule is CCc1cc2c(N3CCCC(C(=O)NC4CCCC4)C3)ncnc2s1. The average molecular weight is 359 g/mol. The van der Waals surface area contributed by atoms with Crippen molar-refractivity contribution >= 4 is 33.3 Å². The molecule has 1 unspecified atom stereocenters. The molecule has 134 valence electrons. The highest BCUT2D eigenvalue weighted by molar-refractivity contribution is 7.18. The van der Waals surface area contributed by atoms with Gasteiger partial charge in [-0.05, 0) is 38.2 Å². The van der Waals surface area contributed by atoms with Crippen LogP contribution in [0.3, 0.4) is 0 Å². The van der Waals surface area contributed by atoms with E-state index in [1.807, 2.05) is 0 Å². The Morgan fingerprint density at radius 2 is 2.12 bits per heavy atom. The number of rotatable bonds is 4. The van der Waals surface area contributed by atoms with E-state index >= 15 is 0 Å². The zero-order valence-electron chi connectivity index (χ0n) is 14.8. The summed E-state index contributed by atoms with van der Waals surface area (Å²) < 4.78 is 0. The Bertz CT molecular complexity index is 753. The van der Waals surface area contributed by atoms with Crippen LogP contribution in [-0.2, 0) is 11.2 Å². The van der Waals surface area contributed by atoms with Crippen LogP contribution in [0.2, 0.25) is 0 Å². The molecular formula is C19H26N4OS. The molecule has 1 saturated heterocycles. The maximum Gasteiger partial charge on any atom is 0.225 e. The minimum atomic E-state index is 0.0728. The van der Waals surface area contributed by atoms with Crippen molar-refractivity contribution in [2.75, 3.05) is 18.0 Å². The fourth-order valence-electron chi connectivity index (χ4n) is 4.09. The third-order valence-corrected chi connectivity index (χ3v) is 6.69. The van der Waals surface area contributed by atoms with Crippen LogP contribution in [0.15, 0.2) is 12.4 Å². The van der Waals surface area contributed by atoms with Gasteiger partial charge in [-0.2, -0.15) is 0 Å². The fraction of sp³-hybridized carbons (Fsp3) is 0.632. The van der Waals surface area contributed by atoms with Crippen LogP contribution in [0.4, 0.5) is 5.82 Å². The van der Waals surface area contributed by atoms with Crippen molar-refractivity contribution in [3.05, 3.63) is 17.3 Å². The molecule has 2 aliphatic rings. The van der Waals surface area contributed by atoms with Gasteiger partial charge in [0.1, 0.15) is 17.0 Å². The van der Waals surface area contributed by atoms with Crippen LogP contribution in [-0.4, -0.2) is 35.0 Å². The van der Waals surface area contributed by atoms with E-state index in [1.165, 1.54) is 17.7 Å². The van der Waals surface area contributed by atoms with Gasteiger partial charge < -0.3 is 10.2 Å². The van der Waals surface area contributed by atoms with Crippen LogP contribution in [0.5, 0.6) is 0 Å². The van der Waals surface area contributed by atoms with E-state index in [1.54, 1.807) is 17.7 Å². The first-order valence-corrected chi connectivity index (χ1v) is 10.3. The van der Waals surface area contributed by atoms with Crippen molar-refractivity contribution in [2.45, 2.75) is 57.9 Å². The number of hydrogen-bond donors (Lipinski definition) is 1. The highest BCUT2D eigenvalue weighted by Crippen LogP contribution is 2.32. The van der Waals surface area contributed by atoms with Crippen molar-refractivity contribution in [2.24, 2.45) is 5.92 Å². The molecule has 1 aliphatic carbocycles. The molecule has 1 N–H and O–H groups in total. The minimum absolute atomic E-state index is 0.0728. The van der Waals surface area contributed by atoms with Crippen molar-refractivity contribution in [3.63, 3.8) is 0 Å². The number of aryl methyl sites for hydroxylation is 1. The molecule has 2 aromatic heterocycles. The second-order valence-electron chi connectivity index (χ2n) is 7.26. The van der Waals surface area contributed by atoms with Gasteiger partial charge in [-0.25, -0.2) is 9.97 Å². The lowest BCUT2D eigenvalue weighted by Crippen LogP contribution is -2.45. The molecule has 0 radical (unpaired) electrons. The number of fused-ring (bicyclic) bond motifs is 1. The van der Waals surface area contributed by atoms with E-state index in [0.717, 1.165) is 61.2 Å². The molecule has 0 bridgehead atoms. The molecule has 1 aliphatic heterocycles. The summed E-state index contributed by atoms with van der Waals surface area (Å²) in [5.74, 6) is 1.31. The number of hydrogen-bond acceptors (Lipinski definition) is 5. The summed E-state index contributed by atoms with van der Waals surface area (Å²) in [4.78, 5) is 26.4. The van der Waals surface area contributed by atoms with Gasteiger partial charge in [-0.15, -0.1) is 11.3 Å². The van der Waals surface area contributed by atoms with Gasteiger partial charge in [-0.3, -0.25) is 4.79 Å². The van der Waals surface area contributed by atoms with Crippen LogP contribution in [0, 0.1) is 5.92 Å². The lowest BCUT2D eigenvalue weighted by atomic mass is 9.96. The topological polar surface area (TPSA) is 58.1 Å². The smallest absolute Gasteiger partial charge is 0.225 e. The van der Waals surface area contributed by atoms with E-state index in [2.05, 4.69) is 33.2 Å². The Labute approximate surface area is 152 Å². The standard InChI is InChI=1S/C19H26N4OS/c1-2-15-10-16-17(20-12-21-19(16)25-15)23-9-5-6-13(11-23)18(24)22-14-7-3-4-8-14/h10,12-14H,2-9,11H2,1H3,(H,22,24). The maximum absolute atomic E-state index is 12.7. The molecule has 1 amide bonds. The Balaban J connectivity index is 1.51. The van der Waals surface area contributed by atoms with Crippen LogP contribution >= 0.6 is 11.3 Å². The Hall–Kier alpha value is -1.69. The number of nitrogens with one attached hydrogen (secondary N) is 1. The monoisotopic (exact) mass is 358 g/mol. The highest BCUT2D eigenvalue weighted by atomic mass is 32.1. The van der Waals surface area contributed by atoms with Gasteiger partial charge in [0.05, 0.1) is 11.3 Å². The third kappa shape index (κ3) is 3.50. The number of piperidine rings is 1. The fourth-order valence-corrected chi connectivity index (χ4v) is 5.02. The first-order chi connectivity index (χ1) is 12.2. The zero-order valence-corrected chi connectivity index (χ0v) is 15.6.